The highest BCUT2D eigenvalue weighted by atomic mass is 16.4. The standard InChI is InChI=1S/C16H15NO4/c1-9-5-3-6-10(2)13(9)15(19)17-12-8-4-7-11(14(12)18)16(20)21/h3-8,18H,1-2H3,(H,17,19)(H,20,21). The van der Waals surface area contributed by atoms with Gasteiger partial charge < -0.3 is 15.5 Å². The van der Waals surface area contributed by atoms with E-state index in [9.17, 15) is 14.7 Å². The van der Waals surface area contributed by atoms with Crippen molar-refractivity contribution in [3.8, 4) is 5.75 Å². The van der Waals surface area contributed by atoms with Gasteiger partial charge in [-0.1, -0.05) is 24.3 Å². The molecule has 3 N–H and O–H groups in total. The first-order valence-electron chi connectivity index (χ1n) is 6.34. The van der Waals surface area contributed by atoms with Crippen LogP contribution in [-0.2, 0) is 0 Å². The van der Waals surface area contributed by atoms with Crippen LogP contribution in [-0.4, -0.2) is 22.1 Å². The van der Waals surface area contributed by atoms with E-state index in [0.29, 0.717) is 5.56 Å². The van der Waals surface area contributed by atoms with Gasteiger partial charge in [0.2, 0.25) is 0 Å². The summed E-state index contributed by atoms with van der Waals surface area (Å²) >= 11 is 0. The second-order valence-electron chi connectivity index (χ2n) is 4.73. The Balaban J connectivity index is 2.37. The summed E-state index contributed by atoms with van der Waals surface area (Å²) in [5.41, 5.74) is 1.94. The molecule has 21 heavy (non-hydrogen) atoms. The predicted octanol–water partition coefficient (Wildman–Crippen LogP) is 2.96. The van der Waals surface area contributed by atoms with Crippen molar-refractivity contribution in [3.63, 3.8) is 0 Å². The molecule has 2 aromatic carbocycles. The van der Waals surface area contributed by atoms with Gasteiger partial charge in [-0.25, -0.2) is 4.79 Å². The normalized spacial score (nSPS) is 10.2. The van der Waals surface area contributed by atoms with Crippen LogP contribution in [0.4, 0.5) is 5.69 Å². The fourth-order valence-electron chi connectivity index (χ4n) is 2.17. The van der Waals surface area contributed by atoms with Gasteiger partial charge >= 0.3 is 5.97 Å². The number of carboxylic acids is 1. The van der Waals surface area contributed by atoms with Gasteiger partial charge in [-0.2, -0.15) is 0 Å². The number of benzene rings is 2. The summed E-state index contributed by atoms with van der Waals surface area (Å²) in [6, 6.07) is 9.66. The smallest absolute Gasteiger partial charge is 0.339 e. The number of anilines is 1. The number of hydrogen-bond acceptors (Lipinski definition) is 3. The number of carboxylic acid groups (broad SMARTS) is 1. The van der Waals surface area contributed by atoms with Crippen LogP contribution in [0.5, 0.6) is 5.75 Å². The van der Waals surface area contributed by atoms with E-state index in [4.69, 9.17) is 5.11 Å². The van der Waals surface area contributed by atoms with Crippen molar-refractivity contribution in [2.75, 3.05) is 5.32 Å². The van der Waals surface area contributed by atoms with Crippen molar-refractivity contribution in [1.29, 1.82) is 0 Å². The van der Waals surface area contributed by atoms with Crippen LogP contribution in [0.3, 0.4) is 0 Å². The Bertz CT molecular complexity index is 702. The van der Waals surface area contributed by atoms with Gasteiger partial charge in [0.1, 0.15) is 5.56 Å². The maximum absolute atomic E-state index is 12.3. The summed E-state index contributed by atoms with van der Waals surface area (Å²) in [5, 5.41) is 21.4. The van der Waals surface area contributed by atoms with Crippen LogP contribution < -0.4 is 5.32 Å². The first-order chi connectivity index (χ1) is 9.91. The number of amides is 1. The number of para-hydroxylation sites is 1. The van der Waals surface area contributed by atoms with Crippen molar-refractivity contribution in [2.24, 2.45) is 0 Å². The molecular formula is C16H15NO4. The summed E-state index contributed by atoms with van der Waals surface area (Å²) in [5.74, 6) is -2.09. The highest BCUT2D eigenvalue weighted by Gasteiger charge is 2.17. The van der Waals surface area contributed by atoms with E-state index in [0.717, 1.165) is 11.1 Å². The average molecular weight is 285 g/mol. The van der Waals surface area contributed by atoms with Gasteiger partial charge in [0.05, 0.1) is 5.69 Å². The minimum absolute atomic E-state index is 0.0718. The van der Waals surface area contributed by atoms with Gasteiger partial charge in [0.25, 0.3) is 5.91 Å². The number of aromatic carboxylic acids is 1. The molecule has 0 unspecified atom stereocenters. The molecule has 0 radical (unpaired) electrons. The Labute approximate surface area is 121 Å². The number of carbonyl (C=O) groups is 2. The van der Waals surface area contributed by atoms with E-state index >= 15 is 0 Å². The lowest BCUT2D eigenvalue weighted by atomic mass is 10.0. The average Bonchev–Trinajstić information content (AvgIpc) is 2.40. The van der Waals surface area contributed by atoms with E-state index in [-0.39, 0.29) is 17.2 Å². The molecule has 108 valence electrons. The molecule has 0 atom stereocenters. The molecule has 5 nitrogen and oxygen atoms in total. The molecule has 0 spiro atoms. The third-order valence-corrected chi connectivity index (χ3v) is 3.22. The molecule has 0 bridgehead atoms. The second kappa shape index (κ2) is 5.66. The molecule has 0 aromatic heterocycles. The lowest BCUT2D eigenvalue weighted by Gasteiger charge is -2.12. The zero-order chi connectivity index (χ0) is 15.6. The second-order valence-corrected chi connectivity index (χ2v) is 4.73. The molecule has 0 saturated heterocycles. The van der Waals surface area contributed by atoms with E-state index in [1.165, 1.54) is 18.2 Å². The molecule has 2 rings (SSSR count). The maximum atomic E-state index is 12.3. The number of aromatic hydroxyl groups is 1. The summed E-state index contributed by atoms with van der Waals surface area (Å²) in [7, 11) is 0. The lowest BCUT2D eigenvalue weighted by molar-refractivity contribution is 0.0693. The summed E-state index contributed by atoms with van der Waals surface area (Å²) in [4.78, 5) is 23.3. The summed E-state index contributed by atoms with van der Waals surface area (Å²) < 4.78 is 0. The third-order valence-electron chi connectivity index (χ3n) is 3.22. The molecular weight excluding hydrogens is 270 g/mol. The molecule has 0 aliphatic rings. The Morgan fingerprint density at radius 3 is 2.14 bits per heavy atom. The number of phenols is 1. The van der Waals surface area contributed by atoms with Crippen molar-refractivity contribution >= 4 is 17.6 Å². The van der Waals surface area contributed by atoms with Crippen LogP contribution in [0.15, 0.2) is 36.4 Å². The highest BCUT2D eigenvalue weighted by Crippen LogP contribution is 2.28. The monoisotopic (exact) mass is 285 g/mol. The molecule has 0 saturated carbocycles. The van der Waals surface area contributed by atoms with Crippen LogP contribution in [0.25, 0.3) is 0 Å². The SMILES string of the molecule is Cc1cccc(C)c1C(=O)Nc1cccc(C(=O)O)c1O. The van der Waals surface area contributed by atoms with Crippen molar-refractivity contribution in [1.82, 2.24) is 0 Å². The molecule has 0 heterocycles. The molecule has 1 amide bonds. The fourth-order valence-corrected chi connectivity index (χ4v) is 2.17. The Kier molecular flexibility index (Phi) is 3.93. The lowest BCUT2D eigenvalue weighted by Crippen LogP contribution is -2.15. The van der Waals surface area contributed by atoms with Crippen molar-refractivity contribution < 1.29 is 19.8 Å². The number of aryl methyl sites for hydroxylation is 2. The number of hydrogen-bond donors (Lipinski definition) is 3. The van der Waals surface area contributed by atoms with Gasteiger partial charge in [0, 0.05) is 5.56 Å². The number of rotatable bonds is 3. The molecule has 0 aliphatic carbocycles. The maximum Gasteiger partial charge on any atom is 0.339 e. The van der Waals surface area contributed by atoms with Crippen molar-refractivity contribution in [2.45, 2.75) is 13.8 Å². The molecule has 5 heteroatoms. The molecule has 0 fully saturated rings. The Morgan fingerprint density at radius 1 is 1.00 bits per heavy atom. The first kappa shape index (κ1) is 14.6. The van der Waals surface area contributed by atoms with Gasteiger partial charge in [-0.15, -0.1) is 0 Å². The minimum atomic E-state index is -1.25. The van der Waals surface area contributed by atoms with E-state index < -0.39 is 11.7 Å². The van der Waals surface area contributed by atoms with Crippen LogP contribution in [0.1, 0.15) is 31.8 Å². The van der Waals surface area contributed by atoms with E-state index in [1.54, 1.807) is 0 Å². The summed E-state index contributed by atoms with van der Waals surface area (Å²) in [6.45, 7) is 3.63. The molecule has 2 aromatic rings. The Hall–Kier alpha value is -2.82. The minimum Gasteiger partial charge on any atom is -0.505 e. The van der Waals surface area contributed by atoms with Gasteiger partial charge in [-0.3, -0.25) is 4.79 Å². The van der Waals surface area contributed by atoms with Crippen molar-refractivity contribution in [3.05, 3.63) is 58.7 Å². The Morgan fingerprint density at radius 2 is 1.57 bits per heavy atom. The largest absolute Gasteiger partial charge is 0.505 e. The van der Waals surface area contributed by atoms with Crippen LogP contribution >= 0.6 is 0 Å². The molecule has 0 aliphatic heterocycles. The number of carbonyl (C=O) groups excluding carboxylic acids is 1. The van der Waals surface area contributed by atoms with Gasteiger partial charge in [-0.05, 0) is 37.1 Å². The van der Waals surface area contributed by atoms with Crippen LogP contribution in [0, 0.1) is 13.8 Å². The quantitative estimate of drug-likeness (QED) is 0.757. The topological polar surface area (TPSA) is 86.6 Å². The van der Waals surface area contributed by atoms with Gasteiger partial charge in [0.15, 0.2) is 5.75 Å². The zero-order valence-corrected chi connectivity index (χ0v) is 11.7. The predicted molar refractivity (Wildman–Crippen MR) is 78.9 cm³/mol. The number of nitrogens with one attached hydrogen (secondary N) is 1. The fraction of sp³-hybridized carbons (Fsp3) is 0.125. The van der Waals surface area contributed by atoms with E-state index in [2.05, 4.69) is 5.32 Å². The zero-order valence-electron chi connectivity index (χ0n) is 11.7. The summed E-state index contributed by atoms with van der Waals surface area (Å²) in [6.07, 6.45) is 0. The first-order valence-corrected chi connectivity index (χ1v) is 6.34. The van der Waals surface area contributed by atoms with E-state index in [1.807, 2.05) is 32.0 Å². The van der Waals surface area contributed by atoms with Crippen LogP contribution in [0.2, 0.25) is 0 Å². The third kappa shape index (κ3) is 2.86. The highest BCUT2D eigenvalue weighted by molar-refractivity contribution is 6.07.